The van der Waals surface area contributed by atoms with Crippen LogP contribution in [0.1, 0.15) is 22.8 Å². The molecule has 100 valence electrons. The molecule has 0 aromatic heterocycles. The first-order valence-corrected chi connectivity index (χ1v) is 5.87. The van der Waals surface area contributed by atoms with Crippen LogP contribution in [0, 0.1) is 24.4 Å². The number of hydrogen-bond acceptors (Lipinski definition) is 1. The van der Waals surface area contributed by atoms with Gasteiger partial charge in [-0.25, -0.2) is 13.2 Å². The standard InChI is InChI=1S/C14H10ClF3O/c1-7-2-5-10(16)12(13(7)18)14(19)8-3-4-9(15)11(17)6-8/h2-6,14,19H,1H3. The normalized spacial score (nSPS) is 12.5. The van der Waals surface area contributed by atoms with Crippen LogP contribution in [-0.4, -0.2) is 5.11 Å². The number of aliphatic hydroxyl groups is 1. The van der Waals surface area contributed by atoms with Gasteiger partial charge in [0.05, 0.1) is 10.6 Å². The molecule has 0 aliphatic carbocycles. The molecule has 5 heteroatoms. The van der Waals surface area contributed by atoms with E-state index in [1.54, 1.807) is 0 Å². The van der Waals surface area contributed by atoms with Crippen molar-refractivity contribution in [2.45, 2.75) is 13.0 Å². The molecule has 0 spiro atoms. The van der Waals surface area contributed by atoms with Crippen LogP contribution in [0.2, 0.25) is 5.02 Å². The lowest BCUT2D eigenvalue weighted by atomic mass is 9.98. The van der Waals surface area contributed by atoms with Crippen LogP contribution >= 0.6 is 11.6 Å². The predicted octanol–water partition coefficient (Wildman–Crippen LogP) is 4.15. The van der Waals surface area contributed by atoms with Crippen LogP contribution in [0.25, 0.3) is 0 Å². The van der Waals surface area contributed by atoms with Crippen molar-refractivity contribution in [1.82, 2.24) is 0 Å². The van der Waals surface area contributed by atoms with Gasteiger partial charge in [0.15, 0.2) is 0 Å². The number of halogens is 4. The van der Waals surface area contributed by atoms with E-state index in [0.29, 0.717) is 0 Å². The van der Waals surface area contributed by atoms with Gasteiger partial charge in [0.25, 0.3) is 0 Å². The summed E-state index contributed by atoms with van der Waals surface area (Å²) in [7, 11) is 0. The quantitative estimate of drug-likeness (QED) is 0.879. The average Bonchev–Trinajstić information content (AvgIpc) is 2.37. The maximum absolute atomic E-state index is 13.9. The Bertz CT molecular complexity index is 628. The Morgan fingerprint density at radius 2 is 1.74 bits per heavy atom. The number of rotatable bonds is 2. The van der Waals surface area contributed by atoms with Crippen LogP contribution in [-0.2, 0) is 0 Å². The smallest absolute Gasteiger partial charge is 0.142 e. The zero-order valence-electron chi connectivity index (χ0n) is 9.92. The molecule has 0 heterocycles. The second-order valence-corrected chi connectivity index (χ2v) is 4.58. The molecule has 0 aliphatic rings. The third kappa shape index (κ3) is 2.60. The minimum absolute atomic E-state index is 0.0327. The molecule has 2 rings (SSSR count). The van der Waals surface area contributed by atoms with Gasteiger partial charge in [0.2, 0.25) is 0 Å². The molecule has 0 aliphatic heterocycles. The fraction of sp³-hybridized carbons (Fsp3) is 0.143. The molecule has 0 fully saturated rings. The van der Waals surface area contributed by atoms with E-state index in [0.717, 1.165) is 12.1 Å². The van der Waals surface area contributed by atoms with E-state index >= 15 is 0 Å². The Kier molecular flexibility index (Phi) is 3.83. The highest BCUT2D eigenvalue weighted by Gasteiger charge is 2.21. The first-order valence-electron chi connectivity index (χ1n) is 5.49. The van der Waals surface area contributed by atoms with E-state index in [-0.39, 0.29) is 16.1 Å². The molecule has 19 heavy (non-hydrogen) atoms. The lowest BCUT2D eigenvalue weighted by Gasteiger charge is -2.15. The highest BCUT2D eigenvalue weighted by Crippen LogP contribution is 2.30. The van der Waals surface area contributed by atoms with Crippen LogP contribution in [0.5, 0.6) is 0 Å². The van der Waals surface area contributed by atoms with Crippen molar-refractivity contribution < 1.29 is 18.3 Å². The van der Waals surface area contributed by atoms with Gasteiger partial charge in [0.1, 0.15) is 23.6 Å². The van der Waals surface area contributed by atoms with Gasteiger partial charge in [0, 0.05) is 0 Å². The Balaban J connectivity index is 2.52. The Morgan fingerprint density at radius 1 is 1.05 bits per heavy atom. The molecular formula is C14H10ClF3O. The molecule has 0 saturated carbocycles. The largest absolute Gasteiger partial charge is 0.383 e. The summed E-state index contributed by atoms with van der Waals surface area (Å²) < 4.78 is 40.8. The number of aryl methyl sites for hydroxylation is 1. The molecule has 1 atom stereocenters. The molecule has 1 unspecified atom stereocenters. The summed E-state index contributed by atoms with van der Waals surface area (Å²) in [4.78, 5) is 0. The highest BCUT2D eigenvalue weighted by molar-refractivity contribution is 6.30. The monoisotopic (exact) mass is 286 g/mol. The summed E-state index contributed by atoms with van der Waals surface area (Å²) in [6, 6.07) is 5.82. The number of benzene rings is 2. The molecule has 1 nitrogen and oxygen atoms in total. The molecule has 0 saturated heterocycles. The van der Waals surface area contributed by atoms with E-state index in [4.69, 9.17) is 11.6 Å². The van der Waals surface area contributed by atoms with E-state index < -0.39 is 29.1 Å². The minimum Gasteiger partial charge on any atom is -0.383 e. The third-order valence-corrected chi connectivity index (χ3v) is 3.16. The topological polar surface area (TPSA) is 20.2 Å². The van der Waals surface area contributed by atoms with Crippen LogP contribution < -0.4 is 0 Å². The van der Waals surface area contributed by atoms with E-state index in [2.05, 4.69) is 0 Å². The molecule has 0 amide bonds. The van der Waals surface area contributed by atoms with Crippen molar-refractivity contribution in [3.05, 3.63) is 69.5 Å². The first-order chi connectivity index (χ1) is 8.91. The van der Waals surface area contributed by atoms with E-state index in [1.165, 1.54) is 25.1 Å². The summed E-state index contributed by atoms with van der Waals surface area (Å²) in [5.74, 6) is -2.49. The molecule has 0 radical (unpaired) electrons. The van der Waals surface area contributed by atoms with Crippen molar-refractivity contribution in [2.75, 3.05) is 0 Å². The van der Waals surface area contributed by atoms with Crippen molar-refractivity contribution >= 4 is 11.6 Å². The zero-order valence-corrected chi connectivity index (χ0v) is 10.7. The summed E-state index contributed by atoms with van der Waals surface area (Å²) in [6.07, 6.45) is -1.59. The molecular weight excluding hydrogens is 277 g/mol. The molecule has 0 bridgehead atoms. The fourth-order valence-corrected chi connectivity index (χ4v) is 1.90. The average molecular weight is 287 g/mol. The third-order valence-electron chi connectivity index (χ3n) is 2.85. The van der Waals surface area contributed by atoms with Crippen LogP contribution in [0.3, 0.4) is 0 Å². The van der Waals surface area contributed by atoms with Crippen molar-refractivity contribution in [3.8, 4) is 0 Å². The molecule has 2 aromatic rings. The van der Waals surface area contributed by atoms with E-state index in [1.807, 2.05) is 0 Å². The molecule has 2 aromatic carbocycles. The number of aliphatic hydroxyl groups excluding tert-OH is 1. The zero-order chi connectivity index (χ0) is 14.2. The Morgan fingerprint density at radius 3 is 2.37 bits per heavy atom. The second kappa shape index (κ2) is 5.23. The van der Waals surface area contributed by atoms with Gasteiger partial charge >= 0.3 is 0 Å². The van der Waals surface area contributed by atoms with Gasteiger partial charge in [-0.15, -0.1) is 0 Å². The Labute approximate surface area is 113 Å². The highest BCUT2D eigenvalue weighted by atomic mass is 35.5. The lowest BCUT2D eigenvalue weighted by Crippen LogP contribution is -2.07. The van der Waals surface area contributed by atoms with Gasteiger partial charge in [-0.1, -0.05) is 23.7 Å². The molecule has 1 N–H and O–H groups in total. The van der Waals surface area contributed by atoms with Gasteiger partial charge in [-0.3, -0.25) is 0 Å². The summed E-state index contributed by atoms with van der Waals surface area (Å²) in [6.45, 7) is 1.45. The summed E-state index contributed by atoms with van der Waals surface area (Å²) in [5, 5.41) is 9.88. The summed E-state index contributed by atoms with van der Waals surface area (Å²) >= 11 is 5.51. The second-order valence-electron chi connectivity index (χ2n) is 4.17. The van der Waals surface area contributed by atoms with Crippen LogP contribution in [0.15, 0.2) is 30.3 Å². The fourth-order valence-electron chi connectivity index (χ4n) is 1.78. The van der Waals surface area contributed by atoms with Gasteiger partial charge < -0.3 is 5.11 Å². The SMILES string of the molecule is Cc1ccc(F)c(C(O)c2ccc(Cl)c(F)c2)c1F. The first kappa shape index (κ1) is 13.9. The minimum atomic E-state index is -1.59. The van der Waals surface area contributed by atoms with Crippen molar-refractivity contribution in [2.24, 2.45) is 0 Å². The van der Waals surface area contributed by atoms with E-state index in [9.17, 15) is 18.3 Å². The Hall–Kier alpha value is -1.52. The lowest BCUT2D eigenvalue weighted by molar-refractivity contribution is 0.208. The van der Waals surface area contributed by atoms with Crippen molar-refractivity contribution in [3.63, 3.8) is 0 Å². The van der Waals surface area contributed by atoms with Crippen LogP contribution in [0.4, 0.5) is 13.2 Å². The van der Waals surface area contributed by atoms with Gasteiger partial charge in [-0.2, -0.15) is 0 Å². The maximum Gasteiger partial charge on any atom is 0.142 e. The maximum atomic E-state index is 13.9. The number of hydrogen-bond donors (Lipinski definition) is 1. The van der Waals surface area contributed by atoms with Gasteiger partial charge in [-0.05, 0) is 36.2 Å². The summed E-state index contributed by atoms with van der Waals surface area (Å²) in [5.41, 5.74) is -0.267. The predicted molar refractivity (Wildman–Crippen MR) is 66.6 cm³/mol. The van der Waals surface area contributed by atoms with Crippen molar-refractivity contribution in [1.29, 1.82) is 0 Å².